The standard InChI is InChI=1S/C47H83NO7/c1-6-8-10-12-14-16-18-20-21-22-23-24-26-28-30-32-34-36-38-46(50)55-43(41-53-40-39-44(47(51)52)48(3,4)5)42-54-45(49)37-35-33-31-29-27-25-19-17-15-13-11-9-7-2/h18,20-25,27,43-44H,6-17,19,26,28-42H2,1-5H3/b20-18+,22-21+,24-23+,27-25+. The van der Waals surface area contributed by atoms with Crippen LogP contribution in [-0.2, 0) is 28.6 Å². The lowest BCUT2D eigenvalue weighted by Crippen LogP contribution is -2.55. The first-order valence-electron chi connectivity index (χ1n) is 22.2. The quantitative estimate of drug-likeness (QED) is 0.0201. The van der Waals surface area contributed by atoms with E-state index in [1.54, 1.807) is 21.1 Å². The molecule has 0 aliphatic rings. The number of carbonyl (C=O) groups is 3. The van der Waals surface area contributed by atoms with Gasteiger partial charge in [0.15, 0.2) is 6.10 Å². The molecule has 0 aromatic carbocycles. The van der Waals surface area contributed by atoms with Gasteiger partial charge < -0.3 is 28.6 Å². The van der Waals surface area contributed by atoms with Gasteiger partial charge in [0.25, 0.3) is 0 Å². The Kier molecular flexibility index (Phi) is 36.3. The summed E-state index contributed by atoms with van der Waals surface area (Å²) in [5, 5.41) is 11.6. The molecule has 0 aromatic rings. The van der Waals surface area contributed by atoms with Crippen LogP contribution in [0.25, 0.3) is 0 Å². The molecule has 318 valence electrons. The van der Waals surface area contributed by atoms with Crippen molar-refractivity contribution in [3.05, 3.63) is 48.6 Å². The van der Waals surface area contributed by atoms with Crippen LogP contribution < -0.4 is 5.11 Å². The van der Waals surface area contributed by atoms with Gasteiger partial charge in [0.1, 0.15) is 12.6 Å². The van der Waals surface area contributed by atoms with E-state index >= 15 is 0 Å². The largest absolute Gasteiger partial charge is 0.544 e. The van der Waals surface area contributed by atoms with Crippen molar-refractivity contribution in [2.24, 2.45) is 0 Å². The van der Waals surface area contributed by atoms with Crippen molar-refractivity contribution in [2.75, 3.05) is 41.0 Å². The number of likely N-dealkylation sites (N-methyl/N-ethyl adjacent to an activating group) is 1. The third kappa shape index (κ3) is 36.7. The third-order valence-corrected chi connectivity index (χ3v) is 9.75. The molecule has 0 aromatic heterocycles. The van der Waals surface area contributed by atoms with Gasteiger partial charge in [-0.05, 0) is 64.2 Å². The molecule has 8 heteroatoms. The number of ether oxygens (including phenoxy) is 3. The van der Waals surface area contributed by atoms with Gasteiger partial charge in [-0.1, -0.05) is 146 Å². The summed E-state index contributed by atoms with van der Waals surface area (Å²) in [5.41, 5.74) is 0. The van der Waals surface area contributed by atoms with Crippen LogP contribution in [0.3, 0.4) is 0 Å². The van der Waals surface area contributed by atoms with E-state index in [9.17, 15) is 19.5 Å². The highest BCUT2D eigenvalue weighted by molar-refractivity contribution is 5.70. The van der Waals surface area contributed by atoms with Crippen LogP contribution in [-0.4, -0.2) is 75.5 Å². The average molecular weight is 774 g/mol. The maximum Gasteiger partial charge on any atom is 0.306 e. The van der Waals surface area contributed by atoms with Crippen molar-refractivity contribution in [2.45, 2.75) is 193 Å². The first-order valence-corrected chi connectivity index (χ1v) is 22.2. The van der Waals surface area contributed by atoms with Crippen LogP contribution in [0.5, 0.6) is 0 Å². The van der Waals surface area contributed by atoms with Crippen LogP contribution in [0.15, 0.2) is 48.6 Å². The number of aliphatic carboxylic acids is 1. The molecule has 0 fully saturated rings. The highest BCUT2D eigenvalue weighted by Crippen LogP contribution is 2.13. The highest BCUT2D eigenvalue weighted by Gasteiger charge is 2.25. The molecule has 2 atom stereocenters. The van der Waals surface area contributed by atoms with Gasteiger partial charge in [0.2, 0.25) is 0 Å². The molecule has 0 saturated heterocycles. The fourth-order valence-electron chi connectivity index (χ4n) is 6.24. The molecule has 0 aliphatic carbocycles. The summed E-state index contributed by atoms with van der Waals surface area (Å²) in [6.45, 7) is 4.59. The maximum atomic E-state index is 12.7. The van der Waals surface area contributed by atoms with Gasteiger partial charge in [-0.15, -0.1) is 0 Å². The summed E-state index contributed by atoms with van der Waals surface area (Å²) in [4.78, 5) is 36.8. The molecular weight excluding hydrogens is 691 g/mol. The van der Waals surface area contributed by atoms with Crippen molar-refractivity contribution >= 4 is 17.9 Å². The Morgan fingerprint density at radius 3 is 1.47 bits per heavy atom. The molecule has 2 unspecified atom stereocenters. The Morgan fingerprint density at radius 2 is 0.982 bits per heavy atom. The number of unbranched alkanes of at least 4 members (excludes halogenated alkanes) is 19. The van der Waals surface area contributed by atoms with Crippen molar-refractivity contribution in [1.29, 1.82) is 0 Å². The Labute approximate surface area is 337 Å². The zero-order valence-corrected chi connectivity index (χ0v) is 36.1. The van der Waals surface area contributed by atoms with Gasteiger partial charge in [-0.2, -0.15) is 0 Å². The molecule has 0 N–H and O–H groups in total. The van der Waals surface area contributed by atoms with E-state index in [0.29, 0.717) is 12.8 Å². The summed E-state index contributed by atoms with van der Waals surface area (Å²) in [6.07, 6.45) is 44.2. The summed E-state index contributed by atoms with van der Waals surface area (Å²) >= 11 is 0. The molecule has 8 nitrogen and oxygen atoms in total. The molecule has 55 heavy (non-hydrogen) atoms. The number of esters is 2. The van der Waals surface area contributed by atoms with Crippen molar-refractivity contribution < 1.29 is 38.2 Å². The van der Waals surface area contributed by atoms with E-state index in [-0.39, 0.29) is 42.7 Å². The van der Waals surface area contributed by atoms with E-state index in [2.05, 4.69) is 62.5 Å². The molecule has 0 saturated carbocycles. The van der Waals surface area contributed by atoms with E-state index < -0.39 is 18.1 Å². The van der Waals surface area contributed by atoms with Gasteiger partial charge in [-0.3, -0.25) is 9.59 Å². The number of hydrogen-bond acceptors (Lipinski definition) is 7. The fourth-order valence-corrected chi connectivity index (χ4v) is 6.24. The molecule has 0 rings (SSSR count). The second-order valence-electron chi connectivity index (χ2n) is 16.0. The zero-order chi connectivity index (χ0) is 40.7. The topological polar surface area (TPSA) is 102 Å². The first-order chi connectivity index (χ1) is 26.6. The van der Waals surface area contributed by atoms with E-state index in [4.69, 9.17) is 14.2 Å². The molecule has 0 radical (unpaired) electrons. The predicted molar refractivity (Wildman–Crippen MR) is 226 cm³/mol. The number of nitrogens with zero attached hydrogens (tertiary/aromatic N) is 1. The second-order valence-corrected chi connectivity index (χ2v) is 16.0. The summed E-state index contributed by atoms with van der Waals surface area (Å²) < 4.78 is 17.1. The summed E-state index contributed by atoms with van der Waals surface area (Å²) in [6, 6.07) is -0.732. The number of allylic oxidation sites excluding steroid dienone is 8. The number of rotatable bonds is 39. The third-order valence-electron chi connectivity index (χ3n) is 9.75. The molecule has 0 heterocycles. The van der Waals surface area contributed by atoms with Crippen LogP contribution in [0.4, 0.5) is 0 Å². The summed E-state index contributed by atoms with van der Waals surface area (Å²) in [5.74, 6) is -1.78. The number of hydrogen-bond donors (Lipinski definition) is 0. The van der Waals surface area contributed by atoms with Crippen LogP contribution >= 0.6 is 0 Å². The zero-order valence-electron chi connectivity index (χ0n) is 36.1. The Bertz CT molecular complexity index is 1040. The van der Waals surface area contributed by atoms with Crippen molar-refractivity contribution in [3.8, 4) is 0 Å². The minimum atomic E-state index is -1.13. The second kappa shape index (κ2) is 38.2. The lowest BCUT2D eigenvalue weighted by atomic mass is 10.1. The number of carboxylic acid groups (broad SMARTS) is 1. The SMILES string of the molecule is CCCCCCC/C=C/C=C/C=C/CCCCCCCC(=O)OC(COCCC(C(=O)[O-])[N+](C)(C)C)COC(=O)CCCCC/C=C/CCCCCCCC. The molecule has 0 aliphatic heterocycles. The summed E-state index contributed by atoms with van der Waals surface area (Å²) in [7, 11) is 5.39. The fraction of sp³-hybridized carbons (Fsp3) is 0.766. The predicted octanol–water partition coefficient (Wildman–Crippen LogP) is 10.7. The normalized spacial score (nSPS) is 13.4. The molecule has 0 bridgehead atoms. The van der Waals surface area contributed by atoms with Crippen molar-refractivity contribution in [1.82, 2.24) is 0 Å². The van der Waals surface area contributed by atoms with Crippen molar-refractivity contribution in [3.63, 3.8) is 0 Å². The minimum absolute atomic E-state index is 0.0269. The Balaban J connectivity index is 4.42. The maximum absolute atomic E-state index is 12.7. The van der Waals surface area contributed by atoms with Crippen LogP contribution in [0.1, 0.15) is 181 Å². The first kappa shape index (κ1) is 52.3. The highest BCUT2D eigenvalue weighted by atomic mass is 16.6. The average Bonchev–Trinajstić information content (AvgIpc) is 3.14. The van der Waals surface area contributed by atoms with Crippen LogP contribution in [0, 0.1) is 0 Å². The van der Waals surface area contributed by atoms with E-state index in [1.807, 2.05) is 0 Å². The number of carboxylic acids is 1. The van der Waals surface area contributed by atoms with E-state index in [1.165, 1.54) is 70.6 Å². The molecule has 0 spiro atoms. The van der Waals surface area contributed by atoms with Gasteiger partial charge in [0, 0.05) is 19.3 Å². The van der Waals surface area contributed by atoms with Crippen LogP contribution in [0.2, 0.25) is 0 Å². The number of quaternary nitrogens is 1. The van der Waals surface area contributed by atoms with E-state index in [0.717, 1.165) is 77.0 Å². The molecular formula is C47H83NO7. The van der Waals surface area contributed by atoms with Gasteiger partial charge >= 0.3 is 11.9 Å². The van der Waals surface area contributed by atoms with Gasteiger partial charge in [-0.25, -0.2) is 0 Å². The lowest BCUT2D eigenvalue weighted by Gasteiger charge is -2.34. The monoisotopic (exact) mass is 774 g/mol. The minimum Gasteiger partial charge on any atom is -0.544 e. The lowest BCUT2D eigenvalue weighted by molar-refractivity contribution is -0.889. The molecule has 0 amide bonds. The Morgan fingerprint density at radius 1 is 0.545 bits per heavy atom. The Hall–Kier alpha value is -2.71. The number of carbonyl (C=O) groups excluding carboxylic acids is 3. The van der Waals surface area contributed by atoms with Gasteiger partial charge in [0.05, 0.1) is 40.3 Å². The smallest absolute Gasteiger partial charge is 0.306 e.